The Bertz CT molecular complexity index is 332. The second-order valence-electron chi connectivity index (χ2n) is 4.04. The van der Waals surface area contributed by atoms with Crippen LogP contribution in [-0.4, -0.2) is 25.3 Å². The molecular weight excluding hydrogens is 190 g/mol. The molecule has 1 fully saturated rings. The van der Waals surface area contributed by atoms with Gasteiger partial charge in [0.05, 0.1) is 7.11 Å². The Hall–Kier alpha value is -1.06. The lowest BCUT2D eigenvalue weighted by Gasteiger charge is -2.33. The van der Waals surface area contributed by atoms with Gasteiger partial charge in [-0.15, -0.1) is 0 Å². The van der Waals surface area contributed by atoms with Crippen molar-refractivity contribution in [1.29, 1.82) is 0 Å². The second kappa shape index (κ2) is 4.21. The van der Waals surface area contributed by atoms with Crippen molar-refractivity contribution in [3.63, 3.8) is 0 Å². The number of methoxy groups -OCH3 is 1. The van der Waals surface area contributed by atoms with Gasteiger partial charge >= 0.3 is 0 Å². The summed E-state index contributed by atoms with van der Waals surface area (Å²) in [7, 11) is 1.64. The molecule has 1 aromatic rings. The first-order chi connectivity index (χ1) is 7.24. The molecule has 0 spiro atoms. The molecule has 0 amide bonds. The van der Waals surface area contributed by atoms with Crippen LogP contribution in [0.15, 0.2) is 24.3 Å². The van der Waals surface area contributed by atoms with Crippen molar-refractivity contribution in [1.82, 2.24) is 5.32 Å². The van der Waals surface area contributed by atoms with Crippen LogP contribution in [-0.2, 0) is 5.60 Å². The van der Waals surface area contributed by atoms with Crippen LogP contribution in [0.1, 0.15) is 18.4 Å². The highest BCUT2D eigenvalue weighted by Gasteiger charge is 2.31. The van der Waals surface area contributed by atoms with E-state index in [0.717, 1.165) is 30.7 Å². The normalized spacial score (nSPS) is 26.3. The SMILES string of the molecule is COc1cccc(C2(O)CCCNC2)c1. The number of rotatable bonds is 2. The van der Waals surface area contributed by atoms with E-state index in [2.05, 4.69) is 5.32 Å². The summed E-state index contributed by atoms with van der Waals surface area (Å²) in [5.41, 5.74) is 0.210. The zero-order valence-corrected chi connectivity index (χ0v) is 8.99. The van der Waals surface area contributed by atoms with Gasteiger partial charge in [-0.1, -0.05) is 12.1 Å². The molecule has 0 aromatic heterocycles. The topological polar surface area (TPSA) is 41.5 Å². The van der Waals surface area contributed by atoms with Crippen molar-refractivity contribution >= 4 is 0 Å². The van der Waals surface area contributed by atoms with Crippen LogP contribution in [0.5, 0.6) is 5.75 Å². The lowest BCUT2D eigenvalue weighted by atomic mass is 9.86. The summed E-state index contributed by atoms with van der Waals surface area (Å²) < 4.78 is 5.16. The first-order valence-corrected chi connectivity index (χ1v) is 5.32. The summed E-state index contributed by atoms with van der Waals surface area (Å²) in [6.45, 7) is 1.62. The van der Waals surface area contributed by atoms with Crippen molar-refractivity contribution < 1.29 is 9.84 Å². The zero-order chi connectivity index (χ0) is 10.7. The Kier molecular flexibility index (Phi) is 2.93. The number of β-amino-alcohol motifs (C(OH)–C–C–N with tert-alkyl or cyclic N) is 1. The van der Waals surface area contributed by atoms with Gasteiger partial charge in [0.25, 0.3) is 0 Å². The lowest BCUT2D eigenvalue weighted by Crippen LogP contribution is -2.43. The number of nitrogens with one attached hydrogen (secondary N) is 1. The standard InChI is InChI=1S/C12H17NO2/c1-15-11-5-2-4-10(8-11)12(14)6-3-7-13-9-12/h2,4-5,8,13-14H,3,6-7,9H2,1H3. The quantitative estimate of drug-likeness (QED) is 0.767. The highest BCUT2D eigenvalue weighted by Crippen LogP contribution is 2.30. The Morgan fingerprint density at radius 2 is 2.33 bits per heavy atom. The summed E-state index contributed by atoms with van der Waals surface area (Å²) >= 11 is 0. The monoisotopic (exact) mass is 207 g/mol. The van der Waals surface area contributed by atoms with E-state index in [1.165, 1.54) is 0 Å². The van der Waals surface area contributed by atoms with Crippen LogP contribution in [0.4, 0.5) is 0 Å². The van der Waals surface area contributed by atoms with Crippen molar-refractivity contribution in [2.75, 3.05) is 20.2 Å². The van der Waals surface area contributed by atoms with Crippen molar-refractivity contribution in [3.8, 4) is 5.75 Å². The first-order valence-electron chi connectivity index (χ1n) is 5.32. The molecule has 1 saturated heterocycles. The molecule has 1 heterocycles. The summed E-state index contributed by atoms with van der Waals surface area (Å²) in [6.07, 6.45) is 1.82. The van der Waals surface area contributed by atoms with Crippen molar-refractivity contribution in [3.05, 3.63) is 29.8 Å². The summed E-state index contributed by atoms with van der Waals surface area (Å²) in [5.74, 6) is 0.798. The van der Waals surface area contributed by atoms with Gasteiger partial charge in [-0.2, -0.15) is 0 Å². The molecule has 1 aromatic carbocycles. The van der Waals surface area contributed by atoms with Crippen LogP contribution in [0.25, 0.3) is 0 Å². The van der Waals surface area contributed by atoms with Crippen molar-refractivity contribution in [2.24, 2.45) is 0 Å². The van der Waals surface area contributed by atoms with E-state index in [1.807, 2.05) is 24.3 Å². The minimum absolute atomic E-state index is 0.625. The van der Waals surface area contributed by atoms with Gasteiger partial charge < -0.3 is 15.2 Å². The van der Waals surface area contributed by atoms with E-state index < -0.39 is 5.60 Å². The van der Waals surface area contributed by atoms with Gasteiger partial charge in [0.15, 0.2) is 0 Å². The number of ether oxygens (including phenoxy) is 1. The Morgan fingerprint density at radius 3 is 3.00 bits per heavy atom. The van der Waals surface area contributed by atoms with Gasteiger partial charge in [-0.25, -0.2) is 0 Å². The van der Waals surface area contributed by atoms with Crippen LogP contribution < -0.4 is 10.1 Å². The Balaban J connectivity index is 2.26. The lowest BCUT2D eigenvalue weighted by molar-refractivity contribution is 0.0121. The molecule has 2 N–H and O–H groups in total. The van der Waals surface area contributed by atoms with Crippen LogP contribution in [0, 0.1) is 0 Å². The third-order valence-corrected chi connectivity index (χ3v) is 2.97. The van der Waals surface area contributed by atoms with Gasteiger partial charge in [0, 0.05) is 6.54 Å². The number of aliphatic hydroxyl groups is 1. The maximum atomic E-state index is 10.4. The Morgan fingerprint density at radius 1 is 1.47 bits per heavy atom. The third-order valence-electron chi connectivity index (χ3n) is 2.97. The minimum Gasteiger partial charge on any atom is -0.497 e. The molecule has 3 heteroatoms. The fourth-order valence-electron chi connectivity index (χ4n) is 2.05. The van der Waals surface area contributed by atoms with Gasteiger partial charge in [-0.05, 0) is 37.1 Å². The van der Waals surface area contributed by atoms with Crippen LogP contribution in [0.3, 0.4) is 0 Å². The summed E-state index contributed by atoms with van der Waals surface area (Å²) in [6, 6.07) is 7.67. The molecule has 2 rings (SSSR count). The predicted molar refractivity (Wildman–Crippen MR) is 59.0 cm³/mol. The van der Waals surface area contributed by atoms with E-state index >= 15 is 0 Å². The molecule has 1 aliphatic rings. The number of piperidine rings is 1. The van der Waals surface area contributed by atoms with Crippen LogP contribution >= 0.6 is 0 Å². The fourth-order valence-corrected chi connectivity index (χ4v) is 2.05. The molecule has 15 heavy (non-hydrogen) atoms. The molecule has 1 aliphatic heterocycles. The van der Waals surface area contributed by atoms with E-state index in [4.69, 9.17) is 4.74 Å². The number of hydrogen-bond donors (Lipinski definition) is 2. The molecule has 0 bridgehead atoms. The van der Waals surface area contributed by atoms with E-state index in [9.17, 15) is 5.11 Å². The molecule has 3 nitrogen and oxygen atoms in total. The smallest absolute Gasteiger partial charge is 0.119 e. The predicted octanol–water partition coefficient (Wildman–Crippen LogP) is 1.27. The molecule has 82 valence electrons. The zero-order valence-electron chi connectivity index (χ0n) is 8.99. The average Bonchev–Trinajstić information content (AvgIpc) is 2.30. The molecular formula is C12H17NO2. The highest BCUT2D eigenvalue weighted by atomic mass is 16.5. The van der Waals surface area contributed by atoms with E-state index in [0.29, 0.717) is 6.54 Å². The molecule has 0 aliphatic carbocycles. The highest BCUT2D eigenvalue weighted by molar-refractivity contribution is 5.32. The van der Waals surface area contributed by atoms with Gasteiger partial charge in [0.1, 0.15) is 11.4 Å². The minimum atomic E-state index is -0.729. The molecule has 0 radical (unpaired) electrons. The maximum absolute atomic E-state index is 10.4. The van der Waals surface area contributed by atoms with Gasteiger partial charge in [0.2, 0.25) is 0 Å². The Labute approximate surface area is 90.1 Å². The third kappa shape index (κ3) is 2.13. The first kappa shape index (κ1) is 10.5. The summed E-state index contributed by atoms with van der Waals surface area (Å²) in [5, 5.41) is 13.7. The van der Waals surface area contributed by atoms with E-state index in [1.54, 1.807) is 7.11 Å². The summed E-state index contributed by atoms with van der Waals surface area (Å²) in [4.78, 5) is 0. The van der Waals surface area contributed by atoms with Crippen LogP contribution in [0.2, 0.25) is 0 Å². The van der Waals surface area contributed by atoms with Crippen molar-refractivity contribution in [2.45, 2.75) is 18.4 Å². The molecule has 1 unspecified atom stereocenters. The maximum Gasteiger partial charge on any atom is 0.119 e. The fraction of sp³-hybridized carbons (Fsp3) is 0.500. The second-order valence-corrected chi connectivity index (χ2v) is 4.04. The molecule has 0 saturated carbocycles. The molecule has 1 atom stereocenters. The average molecular weight is 207 g/mol. The number of benzene rings is 1. The number of hydrogen-bond acceptors (Lipinski definition) is 3. The largest absolute Gasteiger partial charge is 0.497 e. The van der Waals surface area contributed by atoms with E-state index in [-0.39, 0.29) is 0 Å². The van der Waals surface area contributed by atoms with Gasteiger partial charge in [-0.3, -0.25) is 0 Å².